The van der Waals surface area contributed by atoms with Crippen LogP contribution in [0.3, 0.4) is 0 Å². The largest absolute Gasteiger partial charge is 0.378 e. The van der Waals surface area contributed by atoms with E-state index >= 15 is 4.39 Å². The number of carbonyl (C=O) groups is 1. The lowest BCUT2D eigenvalue weighted by molar-refractivity contribution is -0.132. The molecule has 4 aromatic heterocycles. The predicted molar refractivity (Wildman–Crippen MR) is 199 cm³/mol. The Hall–Kier alpha value is -5.74. The third-order valence-corrected chi connectivity index (χ3v) is 10.7. The Labute approximate surface area is 309 Å². The molecule has 2 fully saturated rings. The molecule has 0 radical (unpaired) electrons. The molecule has 0 spiro atoms. The summed E-state index contributed by atoms with van der Waals surface area (Å²) in [5, 5.41) is 8.95. The maximum atomic E-state index is 15.0. The van der Waals surface area contributed by atoms with E-state index in [0.29, 0.717) is 109 Å². The van der Waals surface area contributed by atoms with Crippen molar-refractivity contribution in [1.29, 1.82) is 0 Å². The summed E-state index contributed by atoms with van der Waals surface area (Å²) in [6.45, 7) is 5.30. The van der Waals surface area contributed by atoms with Gasteiger partial charge in [-0.3, -0.25) is 4.79 Å². The summed E-state index contributed by atoms with van der Waals surface area (Å²) in [5.74, 6) is 1.00. The molecular formula is C38H39F2N11O3. The lowest BCUT2D eigenvalue weighted by Crippen LogP contribution is -2.47. The van der Waals surface area contributed by atoms with Crippen molar-refractivity contribution in [3.63, 3.8) is 0 Å². The van der Waals surface area contributed by atoms with Crippen molar-refractivity contribution in [2.45, 2.75) is 38.1 Å². The molecule has 0 unspecified atom stereocenters. The molecule has 6 aromatic rings. The van der Waals surface area contributed by atoms with Gasteiger partial charge in [-0.1, -0.05) is 6.07 Å². The van der Waals surface area contributed by atoms with Gasteiger partial charge in [0.25, 0.3) is 0 Å². The molecule has 2 saturated heterocycles. The highest BCUT2D eigenvalue weighted by atomic mass is 19.1. The minimum atomic E-state index is -0.595. The number of nitrogens with one attached hydrogen (secondary N) is 1. The van der Waals surface area contributed by atoms with E-state index in [1.54, 1.807) is 36.0 Å². The maximum Gasteiger partial charge on any atom is 0.245 e. The fraction of sp³-hybridized carbons (Fsp3) is 0.368. The van der Waals surface area contributed by atoms with Crippen LogP contribution in [0.15, 0.2) is 61.1 Å². The molecular weight excluding hydrogens is 696 g/mol. The van der Waals surface area contributed by atoms with Crippen LogP contribution in [0.2, 0.25) is 0 Å². The van der Waals surface area contributed by atoms with Crippen molar-refractivity contribution in [2.75, 3.05) is 68.7 Å². The van der Waals surface area contributed by atoms with Gasteiger partial charge in [-0.2, -0.15) is 5.10 Å². The first kappa shape index (κ1) is 34.1. The first-order chi connectivity index (χ1) is 26.2. The maximum absolute atomic E-state index is 15.0. The highest BCUT2D eigenvalue weighted by molar-refractivity contribution is 5.94. The van der Waals surface area contributed by atoms with E-state index in [1.165, 1.54) is 30.6 Å². The van der Waals surface area contributed by atoms with E-state index < -0.39 is 18.0 Å². The average Bonchev–Trinajstić information content (AvgIpc) is 3.89. The van der Waals surface area contributed by atoms with Gasteiger partial charge in [0, 0.05) is 58.0 Å². The molecule has 3 aliphatic heterocycles. The monoisotopic (exact) mass is 735 g/mol. The Balaban J connectivity index is 1.12. The minimum Gasteiger partial charge on any atom is -0.378 e. The number of methoxy groups -OCH3 is 1. The van der Waals surface area contributed by atoms with Crippen molar-refractivity contribution >= 4 is 45.3 Å². The summed E-state index contributed by atoms with van der Waals surface area (Å²) in [5.41, 5.74) is 4.39. The Kier molecular flexibility index (Phi) is 8.57. The number of benzene rings is 2. The molecule has 0 saturated carbocycles. The van der Waals surface area contributed by atoms with Gasteiger partial charge in [-0.05, 0) is 49.7 Å². The number of hydrogen-bond acceptors (Lipinski definition) is 11. The summed E-state index contributed by atoms with van der Waals surface area (Å²) in [6.07, 6.45) is 3.23. The normalized spacial score (nSPS) is 20.7. The molecule has 3 aliphatic rings. The van der Waals surface area contributed by atoms with Crippen molar-refractivity contribution in [2.24, 2.45) is 0 Å². The Morgan fingerprint density at radius 3 is 2.65 bits per heavy atom. The van der Waals surface area contributed by atoms with E-state index in [9.17, 15) is 9.18 Å². The van der Waals surface area contributed by atoms with Gasteiger partial charge >= 0.3 is 0 Å². The van der Waals surface area contributed by atoms with Gasteiger partial charge < -0.3 is 34.1 Å². The number of nitrogens with zero attached hydrogens (tertiary/aromatic N) is 10. The van der Waals surface area contributed by atoms with Gasteiger partial charge in [0.1, 0.15) is 41.5 Å². The van der Waals surface area contributed by atoms with E-state index in [0.717, 1.165) is 5.52 Å². The molecule has 14 nitrogen and oxygen atoms in total. The van der Waals surface area contributed by atoms with E-state index in [-0.39, 0.29) is 17.8 Å². The number of rotatable bonds is 4. The number of anilines is 3. The number of halogens is 2. The zero-order valence-electron chi connectivity index (χ0n) is 30.1. The lowest BCUT2D eigenvalue weighted by Gasteiger charge is -2.31. The number of pyridine rings is 1. The molecule has 54 heavy (non-hydrogen) atoms. The minimum absolute atomic E-state index is 0.0970. The summed E-state index contributed by atoms with van der Waals surface area (Å²) in [7, 11) is 3.41. The molecule has 2 aromatic carbocycles. The van der Waals surface area contributed by atoms with Gasteiger partial charge in [0.2, 0.25) is 5.91 Å². The molecule has 4 bridgehead atoms. The van der Waals surface area contributed by atoms with Crippen LogP contribution in [0.5, 0.6) is 0 Å². The van der Waals surface area contributed by atoms with Crippen LogP contribution < -0.4 is 15.1 Å². The fourth-order valence-electron chi connectivity index (χ4n) is 8.08. The van der Waals surface area contributed by atoms with Crippen molar-refractivity contribution < 1.29 is 23.0 Å². The third-order valence-electron chi connectivity index (χ3n) is 10.7. The first-order valence-electron chi connectivity index (χ1n) is 18.0. The SMILES string of the molecule is CO[C@H]1CN(C)C(=O)[C@@H]2C[C@@H](CN2c2ncnc3c2cnn3-c2ccc(F)cc2N2CCOCC2)Nc2cccc(n2)-c2cc(F)cc3nc(C)n(c23)C1. The topological polar surface area (TPSA) is 132 Å². The second kappa shape index (κ2) is 13.6. The van der Waals surface area contributed by atoms with Crippen molar-refractivity contribution in [1.82, 2.24) is 39.2 Å². The number of aromatic nitrogens is 7. The number of hydrogen-bond donors (Lipinski definition) is 1. The van der Waals surface area contributed by atoms with Crippen LogP contribution in [0.25, 0.3) is 39.0 Å². The van der Waals surface area contributed by atoms with Crippen LogP contribution in [0, 0.1) is 18.6 Å². The summed E-state index contributed by atoms with van der Waals surface area (Å²) in [4.78, 5) is 39.3. The Morgan fingerprint density at radius 2 is 1.81 bits per heavy atom. The molecule has 1 amide bonds. The third kappa shape index (κ3) is 5.94. The lowest BCUT2D eigenvalue weighted by atomic mass is 10.1. The summed E-state index contributed by atoms with van der Waals surface area (Å²) >= 11 is 0. The first-order valence-corrected chi connectivity index (χ1v) is 18.0. The van der Waals surface area contributed by atoms with Crippen molar-refractivity contribution in [3.05, 3.63) is 78.5 Å². The van der Waals surface area contributed by atoms with Gasteiger partial charge in [-0.15, -0.1) is 0 Å². The standard InChI is InChI=1S/C38H39F2N11O3/c1-22-44-30-14-24(40)13-27-29-5-4-6-34(46-29)45-25-16-33(38(52)47(2)19-26(53-3)20-49(22)35(27)30)50(18-25)36-28-17-43-51(37(28)42-21-41-36)31-8-7-23(39)15-32(31)48-9-11-54-12-10-48/h4-8,13-15,17,21,25-26,33H,9-12,16,18-20H2,1-3H3,(H,45,46)/t25-,26-,33-/m0/s1. The molecule has 16 heteroatoms. The van der Waals surface area contributed by atoms with Crippen LogP contribution in [0.1, 0.15) is 12.2 Å². The number of fused-ring (bicyclic) bond motifs is 6. The number of imidazole rings is 1. The quantitative estimate of drug-likeness (QED) is 0.280. The number of aryl methyl sites for hydroxylation is 1. The summed E-state index contributed by atoms with van der Waals surface area (Å²) in [6, 6.07) is 12.4. The average molecular weight is 736 g/mol. The van der Waals surface area contributed by atoms with Gasteiger partial charge in [-0.25, -0.2) is 33.4 Å². The van der Waals surface area contributed by atoms with Crippen molar-refractivity contribution in [3.8, 4) is 16.9 Å². The zero-order chi connectivity index (χ0) is 37.1. The molecule has 7 heterocycles. The highest BCUT2D eigenvalue weighted by Gasteiger charge is 2.41. The van der Waals surface area contributed by atoms with Crippen LogP contribution in [-0.2, 0) is 20.8 Å². The summed E-state index contributed by atoms with van der Waals surface area (Å²) < 4.78 is 44.9. The van der Waals surface area contributed by atoms with Gasteiger partial charge in [0.05, 0.1) is 65.5 Å². The number of likely N-dealkylation sites (N-methyl/N-ethyl adjacent to an activating group) is 1. The number of amides is 1. The second-order valence-corrected chi connectivity index (χ2v) is 14.0. The smallest absolute Gasteiger partial charge is 0.245 e. The second-order valence-electron chi connectivity index (χ2n) is 14.0. The van der Waals surface area contributed by atoms with Gasteiger partial charge in [0.15, 0.2) is 5.65 Å². The molecule has 0 aliphatic carbocycles. The fourth-order valence-corrected chi connectivity index (χ4v) is 8.08. The molecule has 278 valence electrons. The van der Waals surface area contributed by atoms with Crippen LogP contribution in [0.4, 0.5) is 26.1 Å². The van der Waals surface area contributed by atoms with E-state index in [4.69, 9.17) is 24.5 Å². The number of carbonyl (C=O) groups excluding carboxylic acids is 1. The predicted octanol–water partition coefficient (Wildman–Crippen LogP) is 4.20. The Morgan fingerprint density at radius 1 is 0.963 bits per heavy atom. The number of morpholine rings is 1. The Bertz CT molecular complexity index is 2390. The van der Waals surface area contributed by atoms with Crippen LogP contribution >= 0.6 is 0 Å². The number of ether oxygens (including phenoxy) is 2. The molecule has 1 N–H and O–H groups in total. The molecule has 3 atom stereocenters. The zero-order valence-corrected chi connectivity index (χ0v) is 30.1. The molecule has 9 rings (SSSR count). The van der Waals surface area contributed by atoms with Crippen LogP contribution in [-0.4, -0.2) is 117 Å². The highest BCUT2D eigenvalue weighted by Crippen LogP contribution is 2.36. The van der Waals surface area contributed by atoms with E-state index in [2.05, 4.69) is 20.2 Å². The van der Waals surface area contributed by atoms with E-state index in [1.807, 2.05) is 34.6 Å².